The van der Waals surface area contributed by atoms with E-state index in [4.69, 9.17) is 11.6 Å². The van der Waals surface area contributed by atoms with Crippen LogP contribution in [0.25, 0.3) is 11.4 Å². The molecule has 3 nitrogen and oxygen atoms in total. The van der Waals surface area contributed by atoms with Crippen molar-refractivity contribution in [3.8, 4) is 11.4 Å². The summed E-state index contributed by atoms with van der Waals surface area (Å²) in [6.07, 6.45) is 0. The highest BCUT2D eigenvalue weighted by Crippen LogP contribution is 2.26. The van der Waals surface area contributed by atoms with Gasteiger partial charge in [0.05, 0.1) is 5.88 Å². The molecule has 1 heterocycles. The zero-order valence-electron chi connectivity index (χ0n) is 11.2. The Balaban J connectivity index is 2.58. The monoisotopic (exact) mass is 263 g/mol. The van der Waals surface area contributed by atoms with Gasteiger partial charge in [-0.25, -0.2) is 0 Å². The van der Waals surface area contributed by atoms with E-state index in [9.17, 15) is 0 Å². The predicted octanol–water partition coefficient (Wildman–Crippen LogP) is 3.75. The van der Waals surface area contributed by atoms with Crippen molar-refractivity contribution in [3.63, 3.8) is 0 Å². The Kier molecular flexibility index (Phi) is 3.44. The molecule has 2 aromatic rings. The summed E-state index contributed by atoms with van der Waals surface area (Å²) in [7, 11) is 0. The number of aromatic nitrogens is 3. The predicted molar refractivity (Wildman–Crippen MR) is 74.7 cm³/mol. The molecule has 0 aliphatic rings. The van der Waals surface area contributed by atoms with Crippen molar-refractivity contribution in [2.75, 3.05) is 0 Å². The maximum atomic E-state index is 5.94. The third-order valence-electron chi connectivity index (χ3n) is 2.83. The Hall–Kier alpha value is -1.35. The molecule has 0 amide bonds. The summed E-state index contributed by atoms with van der Waals surface area (Å²) in [6, 6.07) is 8.30. The normalized spacial score (nSPS) is 11.8. The molecule has 1 aromatic carbocycles. The zero-order chi connectivity index (χ0) is 13.3. The molecule has 0 aliphatic carbocycles. The van der Waals surface area contributed by atoms with Crippen molar-refractivity contribution in [3.05, 3.63) is 35.7 Å². The van der Waals surface area contributed by atoms with Crippen molar-refractivity contribution >= 4 is 11.6 Å². The fourth-order valence-corrected chi connectivity index (χ4v) is 2.17. The van der Waals surface area contributed by atoms with Gasteiger partial charge in [0.2, 0.25) is 0 Å². The molecule has 0 spiro atoms. The first-order chi connectivity index (χ1) is 8.43. The molecule has 1 aromatic heterocycles. The molecule has 0 unspecified atom stereocenters. The van der Waals surface area contributed by atoms with Crippen LogP contribution in [0.5, 0.6) is 0 Å². The summed E-state index contributed by atoms with van der Waals surface area (Å²) in [5.74, 6) is 2.05. The molecule has 0 saturated carbocycles. The molecule has 2 rings (SSSR count). The lowest BCUT2D eigenvalue weighted by Crippen LogP contribution is -2.24. The van der Waals surface area contributed by atoms with Crippen LogP contribution in [0, 0.1) is 6.92 Å². The molecule has 0 saturated heterocycles. The van der Waals surface area contributed by atoms with Gasteiger partial charge in [0.1, 0.15) is 5.82 Å². The third-order valence-corrected chi connectivity index (χ3v) is 3.07. The fourth-order valence-electron chi connectivity index (χ4n) is 2.00. The lowest BCUT2D eigenvalue weighted by molar-refractivity contribution is 0.390. The molecule has 0 fully saturated rings. The van der Waals surface area contributed by atoms with E-state index in [-0.39, 0.29) is 5.54 Å². The van der Waals surface area contributed by atoms with E-state index >= 15 is 0 Å². The number of hydrogen-bond donors (Lipinski definition) is 0. The van der Waals surface area contributed by atoms with Gasteiger partial charge < -0.3 is 4.57 Å². The highest BCUT2D eigenvalue weighted by atomic mass is 35.5. The average Bonchev–Trinajstić information content (AvgIpc) is 2.73. The highest BCUT2D eigenvalue weighted by molar-refractivity contribution is 6.16. The van der Waals surface area contributed by atoms with Gasteiger partial charge in [-0.2, -0.15) is 0 Å². The van der Waals surface area contributed by atoms with Gasteiger partial charge in [-0.1, -0.05) is 29.8 Å². The molecule has 0 bridgehead atoms. The Bertz CT molecular complexity index is 535. The molecule has 0 radical (unpaired) electrons. The standard InChI is InChI=1S/C14H18ClN3/c1-10-5-7-11(8-6-10)13-17-16-12(9-15)18(13)14(2,3)4/h5-8H,9H2,1-4H3. The van der Waals surface area contributed by atoms with Crippen LogP contribution in [0.1, 0.15) is 32.2 Å². The smallest absolute Gasteiger partial charge is 0.164 e. The number of hydrogen-bond acceptors (Lipinski definition) is 2. The molecule has 0 aliphatic heterocycles. The number of benzene rings is 1. The Morgan fingerprint density at radius 2 is 1.72 bits per heavy atom. The van der Waals surface area contributed by atoms with Crippen molar-refractivity contribution in [2.24, 2.45) is 0 Å². The van der Waals surface area contributed by atoms with E-state index in [1.54, 1.807) is 0 Å². The van der Waals surface area contributed by atoms with Gasteiger partial charge in [-0.3, -0.25) is 0 Å². The van der Waals surface area contributed by atoms with Gasteiger partial charge in [0, 0.05) is 11.1 Å². The van der Waals surface area contributed by atoms with Crippen molar-refractivity contribution in [1.29, 1.82) is 0 Å². The minimum absolute atomic E-state index is 0.0893. The summed E-state index contributed by atoms with van der Waals surface area (Å²) in [4.78, 5) is 0. The summed E-state index contributed by atoms with van der Waals surface area (Å²) in [5, 5.41) is 8.46. The quantitative estimate of drug-likeness (QED) is 0.773. The van der Waals surface area contributed by atoms with E-state index in [2.05, 4.69) is 66.7 Å². The molecular formula is C14H18ClN3. The van der Waals surface area contributed by atoms with Crippen LogP contribution < -0.4 is 0 Å². The van der Waals surface area contributed by atoms with Crippen LogP contribution >= 0.6 is 11.6 Å². The highest BCUT2D eigenvalue weighted by Gasteiger charge is 2.23. The van der Waals surface area contributed by atoms with E-state index in [1.807, 2.05) is 0 Å². The van der Waals surface area contributed by atoms with Crippen LogP contribution in [-0.4, -0.2) is 14.8 Å². The number of halogens is 1. The number of aryl methyl sites for hydroxylation is 1. The average molecular weight is 264 g/mol. The van der Waals surface area contributed by atoms with Gasteiger partial charge in [-0.15, -0.1) is 21.8 Å². The maximum absolute atomic E-state index is 5.94. The Morgan fingerprint density at radius 1 is 1.11 bits per heavy atom. The maximum Gasteiger partial charge on any atom is 0.164 e. The van der Waals surface area contributed by atoms with Gasteiger partial charge in [0.25, 0.3) is 0 Å². The first-order valence-electron chi connectivity index (χ1n) is 6.01. The van der Waals surface area contributed by atoms with Crippen LogP contribution in [0.3, 0.4) is 0 Å². The van der Waals surface area contributed by atoms with E-state index in [0.717, 1.165) is 17.2 Å². The van der Waals surface area contributed by atoms with Crippen LogP contribution in [-0.2, 0) is 11.4 Å². The largest absolute Gasteiger partial charge is 0.305 e. The number of rotatable bonds is 2. The van der Waals surface area contributed by atoms with Crippen LogP contribution in [0.2, 0.25) is 0 Å². The topological polar surface area (TPSA) is 30.7 Å². The van der Waals surface area contributed by atoms with E-state index in [1.165, 1.54) is 5.56 Å². The van der Waals surface area contributed by atoms with Gasteiger partial charge in [0.15, 0.2) is 5.82 Å². The lowest BCUT2D eigenvalue weighted by Gasteiger charge is -2.24. The van der Waals surface area contributed by atoms with Gasteiger partial charge >= 0.3 is 0 Å². The van der Waals surface area contributed by atoms with E-state index in [0.29, 0.717) is 5.88 Å². The van der Waals surface area contributed by atoms with Crippen molar-refractivity contribution < 1.29 is 0 Å². The minimum atomic E-state index is -0.0893. The molecular weight excluding hydrogens is 246 g/mol. The van der Waals surface area contributed by atoms with Crippen molar-refractivity contribution in [1.82, 2.24) is 14.8 Å². The molecule has 96 valence electrons. The summed E-state index contributed by atoms with van der Waals surface area (Å²) in [6.45, 7) is 8.46. The molecule has 0 atom stereocenters. The Labute approximate surface area is 113 Å². The molecule has 18 heavy (non-hydrogen) atoms. The first-order valence-corrected chi connectivity index (χ1v) is 6.54. The van der Waals surface area contributed by atoms with Crippen LogP contribution in [0.15, 0.2) is 24.3 Å². The third kappa shape index (κ3) is 2.41. The number of nitrogens with zero attached hydrogens (tertiary/aromatic N) is 3. The first kappa shape index (κ1) is 13.1. The second-order valence-corrected chi connectivity index (χ2v) is 5.71. The second kappa shape index (κ2) is 4.73. The Morgan fingerprint density at radius 3 is 2.22 bits per heavy atom. The zero-order valence-corrected chi connectivity index (χ0v) is 12.0. The summed E-state index contributed by atoms with van der Waals surface area (Å²) in [5.41, 5.74) is 2.21. The summed E-state index contributed by atoms with van der Waals surface area (Å²) >= 11 is 5.94. The fraction of sp³-hybridized carbons (Fsp3) is 0.429. The summed E-state index contributed by atoms with van der Waals surface area (Å²) < 4.78 is 2.10. The second-order valence-electron chi connectivity index (χ2n) is 5.45. The van der Waals surface area contributed by atoms with Crippen LogP contribution in [0.4, 0.5) is 0 Å². The minimum Gasteiger partial charge on any atom is -0.305 e. The lowest BCUT2D eigenvalue weighted by atomic mass is 10.1. The van der Waals surface area contributed by atoms with E-state index < -0.39 is 0 Å². The number of alkyl halides is 1. The molecule has 0 N–H and O–H groups in total. The molecule has 4 heteroatoms. The SMILES string of the molecule is Cc1ccc(-c2nnc(CCl)n2C(C)(C)C)cc1. The van der Waals surface area contributed by atoms with Crippen molar-refractivity contribution in [2.45, 2.75) is 39.1 Å². The van der Waals surface area contributed by atoms with Gasteiger partial charge in [-0.05, 0) is 27.7 Å².